The number of nitrogens with zero attached hydrogens (tertiary/aromatic N) is 1. The lowest BCUT2D eigenvalue weighted by Gasteiger charge is -2.08. The Morgan fingerprint density at radius 3 is 2.43 bits per heavy atom. The fraction of sp³-hybridized carbons (Fsp3) is 0.286. The van der Waals surface area contributed by atoms with Gasteiger partial charge in [-0.15, -0.1) is 0 Å². The lowest BCUT2D eigenvalue weighted by Crippen LogP contribution is -2.19. The normalized spacial score (nSPS) is 10.4. The molecule has 0 spiro atoms. The molecule has 7 heteroatoms. The summed E-state index contributed by atoms with van der Waals surface area (Å²) in [5, 5.41) is 8.97. The molecule has 1 aromatic heterocycles. The minimum atomic E-state index is -1.08. The number of benzene rings is 1. The quantitative estimate of drug-likeness (QED) is 0.883. The highest BCUT2D eigenvalue weighted by Crippen LogP contribution is 2.17. The number of thiazole rings is 1. The number of carboxylic acids is 1. The van der Waals surface area contributed by atoms with Gasteiger partial charge in [-0.05, 0) is 31.2 Å². The average molecular weight is 309 g/mol. The third kappa shape index (κ3) is 3.43. The van der Waals surface area contributed by atoms with E-state index < -0.39 is 5.97 Å². The van der Waals surface area contributed by atoms with Crippen molar-refractivity contribution in [2.45, 2.75) is 13.5 Å². The molecule has 0 fully saturated rings. The number of aromatic nitrogens is 1. The van der Waals surface area contributed by atoms with Crippen molar-refractivity contribution >= 4 is 17.3 Å². The van der Waals surface area contributed by atoms with E-state index in [0.717, 1.165) is 17.1 Å². The van der Waals surface area contributed by atoms with Crippen LogP contribution in [0.25, 0.3) is 0 Å². The lowest BCUT2D eigenvalue weighted by atomic mass is 10.3. The van der Waals surface area contributed by atoms with E-state index in [2.05, 4.69) is 0 Å². The number of methoxy groups -OCH3 is 1. The van der Waals surface area contributed by atoms with Gasteiger partial charge in [-0.2, -0.15) is 0 Å². The molecule has 6 nitrogen and oxygen atoms in total. The van der Waals surface area contributed by atoms with Gasteiger partial charge in [0, 0.05) is 5.69 Å². The highest BCUT2D eigenvalue weighted by Gasteiger charge is 2.16. The summed E-state index contributed by atoms with van der Waals surface area (Å²) in [5.74, 6) is 0.318. The first-order valence-corrected chi connectivity index (χ1v) is 7.05. The first-order valence-electron chi connectivity index (χ1n) is 6.23. The summed E-state index contributed by atoms with van der Waals surface area (Å²) < 4.78 is 12.0. The fourth-order valence-corrected chi connectivity index (χ4v) is 2.72. The monoisotopic (exact) mass is 309 g/mol. The van der Waals surface area contributed by atoms with Gasteiger partial charge in [0.1, 0.15) is 23.0 Å². The Bertz CT molecular complexity index is 686. The summed E-state index contributed by atoms with van der Waals surface area (Å²) in [4.78, 5) is 22.5. The van der Waals surface area contributed by atoms with Gasteiger partial charge >= 0.3 is 10.8 Å². The molecule has 21 heavy (non-hydrogen) atoms. The molecule has 0 aliphatic rings. The zero-order valence-electron chi connectivity index (χ0n) is 11.7. The molecule has 0 amide bonds. The van der Waals surface area contributed by atoms with Crippen LogP contribution in [0.5, 0.6) is 11.5 Å². The SMILES string of the molecule is COc1ccc(OCCn2c(C)c(C(=O)O)sc2=O)cc1. The summed E-state index contributed by atoms with van der Waals surface area (Å²) in [7, 11) is 1.58. The molecule has 0 saturated carbocycles. The second-order valence-electron chi connectivity index (χ2n) is 4.26. The fourth-order valence-electron chi connectivity index (χ4n) is 1.86. The van der Waals surface area contributed by atoms with Gasteiger partial charge in [0.05, 0.1) is 13.7 Å². The Morgan fingerprint density at radius 2 is 1.90 bits per heavy atom. The summed E-state index contributed by atoms with van der Waals surface area (Å²) in [6.07, 6.45) is 0. The van der Waals surface area contributed by atoms with Crippen LogP contribution in [-0.4, -0.2) is 29.4 Å². The maximum Gasteiger partial charge on any atom is 0.347 e. The van der Waals surface area contributed by atoms with E-state index in [1.165, 1.54) is 4.57 Å². The maximum absolute atomic E-state index is 11.7. The lowest BCUT2D eigenvalue weighted by molar-refractivity contribution is 0.0700. The van der Waals surface area contributed by atoms with Crippen LogP contribution in [0.3, 0.4) is 0 Å². The van der Waals surface area contributed by atoms with Gasteiger partial charge in [-0.1, -0.05) is 11.3 Å². The van der Waals surface area contributed by atoms with Crippen LogP contribution in [0.4, 0.5) is 0 Å². The minimum Gasteiger partial charge on any atom is -0.497 e. The number of carbonyl (C=O) groups is 1. The van der Waals surface area contributed by atoms with Crippen LogP contribution in [-0.2, 0) is 6.54 Å². The van der Waals surface area contributed by atoms with Gasteiger partial charge in [-0.3, -0.25) is 9.36 Å². The second kappa shape index (κ2) is 6.45. The maximum atomic E-state index is 11.7. The molecular weight excluding hydrogens is 294 g/mol. The third-order valence-electron chi connectivity index (χ3n) is 2.98. The molecule has 1 heterocycles. The number of aromatic carboxylic acids is 1. The molecule has 0 saturated heterocycles. The zero-order valence-corrected chi connectivity index (χ0v) is 12.5. The number of hydrogen-bond donors (Lipinski definition) is 1. The van der Waals surface area contributed by atoms with Crippen molar-refractivity contribution in [3.63, 3.8) is 0 Å². The van der Waals surface area contributed by atoms with Crippen LogP contribution < -0.4 is 14.3 Å². The van der Waals surface area contributed by atoms with Gasteiger partial charge in [0.15, 0.2) is 0 Å². The Hall–Kier alpha value is -2.28. The van der Waals surface area contributed by atoms with Crippen molar-refractivity contribution < 1.29 is 19.4 Å². The number of rotatable bonds is 6. The number of hydrogen-bond acceptors (Lipinski definition) is 5. The highest BCUT2D eigenvalue weighted by atomic mass is 32.1. The predicted molar refractivity (Wildman–Crippen MR) is 78.8 cm³/mol. The topological polar surface area (TPSA) is 77.8 Å². The van der Waals surface area contributed by atoms with Crippen molar-refractivity contribution in [2.24, 2.45) is 0 Å². The van der Waals surface area contributed by atoms with Gasteiger partial charge in [0.2, 0.25) is 0 Å². The largest absolute Gasteiger partial charge is 0.497 e. The molecule has 0 unspecified atom stereocenters. The van der Waals surface area contributed by atoms with Crippen LogP contribution in [0.15, 0.2) is 29.1 Å². The van der Waals surface area contributed by atoms with E-state index in [1.807, 2.05) is 0 Å². The van der Waals surface area contributed by atoms with Crippen molar-refractivity contribution in [2.75, 3.05) is 13.7 Å². The molecule has 0 aliphatic carbocycles. The van der Waals surface area contributed by atoms with Gasteiger partial charge in [0.25, 0.3) is 0 Å². The summed E-state index contributed by atoms with van der Waals surface area (Å²) >= 11 is 0.736. The van der Waals surface area contributed by atoms with E-state index in [1.54, 1.807) is 38.3 Å². The molecule has 0 bridgehead atoms. The summed E-state index contributed by atoms with van der Waals surface area (Å²) in [6.45, 7) is 2.21. The molecule has 2 rings (SSSR count). The van der Waals surface area contributed by atoms with Gasteiger partial charge < -0.3 is 14.6 Å². The Labute approximate surface area is 125 Å². The van der Waals surface area contributed by atoms with Crippen molar-refractivity contribution in [1.82, 2.24) is 4.57 Å². The van der Waals surface area contributed by atoms with E-state index >= 15 is 0 Å². The highest BCUT2D eigenvalue weighted by molar-refractivity contribution is 7.11. The van der Waals surface area contributed by atoms with Crippen molar-refractivity contribution in [3.8, 4) is 11.5 Å². The van der Waals surface area contributed by atoms with E-state index in [9.17, 15) is 9.59 Å². The molecule has 0 aliphatic heterocycles. The molecule has 1 aromatic carbocycles. The van der Waals surface area contributed by atoms with Crippen LogP contribution >= 0.6 is 11.3 Å². The molecule has 0 atom stereocenters. The molecule has 112 valence electrons. The first kappa shape index (κ1) is 15.1. The van der Waals surface area contributed by atoms with E-state index in [-0.39, 0.29) is 16.4 Å². The van der Waals surface area contributed by atoms with Crippen molar-refractivity contribution in [3.05, 3.63) is 44.5 Å². The van der Waals surface area contributed by atoms with Crippen LogP contribution in [0.1, 0.15) is 15.4 Å². The Kier molecular flexibility index (Phi) is 4.64. The van der Waals surface area contributed by atoms with Crippen molar-refractivity contribution in [1.29, 1.82) is 0 Å². The van der Waals surface area contributed by atoms with E-state index in [0.29, 0.717) is 18.0 Å². The number of ether oxygens (including phenoxy) is 2. The second-order valence-corrected chi connectivity index (χ2v) is 5.22. The third-order valence-corrected chi connectivity index (χ3v) is 4.05. The molecule has 2 aromatic rings. The van der Waals surface area contributed by atoms with E-state index in [4.69, 9.17) is 14.6 Å². The Balaban J connectivity index is 2.00. The van der Waals surface area contributed by atoms with Crippen LogP contribution in [0.2, 0.25) is 0 Å². The molecular formula is C14H15NO5S. The molecule has 0 radical (unpaired) electrons. The zero-order chi connectivity index (χ0) is 15.4. The summed E-state index contributed by atoms with van der Waals surface area (Å²) in [5.41, 5.74) is 0.454. The minimum absolute atomic E-state index is 0.0736. The Morgan fingerprint density at radius 1 is 1.29 bits per heavy atom. The summed E-state index contributed by atoms with van der Waals surface area (Å²) in [6, 6.07) is 7.09. The predicted octanol–water partition coefficient (Wildman–Crippen LogP) is 2.00. The average Bonchev–Trinajstić information content (AvgIpc) is 2.76. The van der Waals surface area contributed by atoms with Gasteiger partial charge in [-0.25, -0.2) is 4.79 Å². The molecule has 1 N–H and O–H groups in total. The van der Waals surface area contributed by atoms with Crippen LogP contribution in [0, 0.1) is 6.92 Å². The number of carboxylic acid groups (broad SMARTS) is 1. The standard InChI is InChI=1S/C14H15NO5S/c1-9-12(13(16)17)21-14(18)15(9)7-8-20-11-5-3-10(19-2)4-6-11/h3-6H,7-8H2,1-2H3,(H,16,17). The smallest absolute Gasteiger partial charge is 0.347 e. The first-order chi connectivity index (χ1) is 10.0.